The SMILES string of the molecule is Cc1nc(OCCN2CCC(C)(O)CC2)c2ccccc2n1. The van der Waals surface area contributed by atoms with Gasteiger partial charge in [-0.2, -0.15) is 4.98 Å². The van der Waals surface area contributed by atoms with Crippen molar-refractivity contribution in [1.82, 2.24) is 14.9 Å². The minimum absolute atomic E-state index is 0.503. The molecule has 2 aromatic rings. The minimum atomic E-state index is -0.503. The van der Waals surface area contributed by atoms with Crippen LogP contribution in [-0.4, -0.2) is 51.8 Å². The smallest absolute Gasteiger partial charge is 0.224 e. The van der Waals surface area contributed by atoms with E-state index in [0.29, 0.717) is 12.5 Å². The zero-order chi connectivity index (χ0) is 15.6. The Morgan fingerprint density at radius 2 is 1.95 bits per heavy atom. The van der Waals surface area contributed by atoms with Gasteiger partial charge in [0, 0.05) is 19.6 Å². The summed E-state index contributed by atoms with van der Waals surface area (Å²) in [6.45, 7) is 7.08. The van der Waals surface area contributed by atoms with E-state index in [9.17, 15) is 5.11 Å². The number of aliphatic hydroxyl groups is 1. The standard InChI is InChI=1S/C17H23N3O2/c1-13-18-15-6-4-3-5-14(15)16(19-13)22-12-11-20-9-7-17(2,21)8-10-20/h3-6,21H,7-12H2,1-2H3. The van der Waals surface area contributed by atoms with Gasteiger partial charge in [-0.15, -0.1) is 0 Å². The maximum atomic E-state index is 9.97. The fraction of sp³-hybridized carbons (Fsp3) is 0.529. The van der Waals surface area contributed by atoms with Crippen LogP contribution in [0, 0.1) is 6.92 Å². The summed E-state index contributed by atoms with van der Waals surface area (Å²) < 4.78 is 5.90. The molecule has 1 aliphatic rings. The average Bonchev–Trinajstić information content (AvgIpc) is 2.48. The average molecular weight is 301 g/mol. The number of rotatable bonds is 4. The number of aromatic nitrogens is 2. The van der Waals surface area contributed by atoms with Crippen molar-refractivity contribution in [3.05, 3.63) is 30.1 Å². The number of piperidine rings is 1. The zero-order valence-electron chi connectivity index (χ0n) is 13.2. The van der Waals surface area contributed by atoms with Crippen molar-refractivity contribution < 1.29 is 9.84 Å². The number of ether oxygens (including phenoxy) is 1. The Morgan fingerprint density at radius 3 is 2.73 bits per heavy atom. The van der Waals surface area contributed by atoms with Gasteiger partial charge in [0.05, 0.1) is 16.5 Å². The summed E-state index contributed by atoms with van der Waals surface area (Å²) in [5.74, 6) is 1.38. The van der Waals surface area contributed by atoms with Crippen molar-refractivity contribution in [2.75, 3.05) is 26.2 Å². The van der Waals surface area contributed by atoms with Crippen LogP contribution in [0.15, 0.2) is 24.3 Å². The van der Waals surface area contributed by atoms with Crippen LogP contribution in [0.25, 0.3) is 10.9 Å². The quantitative estimate of drug-likeness (QED) is 0.938. The monoisotopic (exact) mass is 301 g/mol. The molecule has 0 radical (unpaired) electrons. The molecular weight excluding hydrogens is 278 g/mol. The van der Waals surface area contributed by atoms with Gasteiger partial charge < -0.3 is 9.84 Å². The first-order valence-corrected chi connectivity index (χ1v) is 7.84. The fourth-order valence-corrected chi connectivity index (χ4v) is 2.80. The third-order valence-corrected chi connectivity index (χ3v) is 4.26. The van der Waals surface area contributed by atoms with E-state index in [-0.39, 0.29) is 0 Å². The van der Waals surface area contributed by atoms with Crippen molar-refractivity contribution in [2.45, 2.75) is 32.3 Å². The zero-order valence-corrected chi connectivity index (χ0v) is 13.2. The summed E-state index contributed by atoms with van der Waals surface area (Å²) >= 11 is 0. The molecule has 0 aliphatic carbocycles. The Morgan fingerprint density at radius 1 is 1.23 bits per heavy atom. The van der Waals surface area contributed by atoms with Crippen LogP contribution < -0.4 is 4.74 Å². The molecule has 2 heterocycles. The van der Waals surface area contributed by atoms with Gasteiger partial charge in [-0.3, -0.25) is 4.90 Å². The number of para-hydroxylation sites is 1. The first-order valence-electron chi connectivity index (χ1n) is 7.84. The van der Waals surface area contributed by atoms with Crippen LogP contribution in [0.5, 0.6) is 5.88 Å². The molecule has 1 aliphatic heterocycles. The first-order chi connectivity index (χ1) is 10.5. The Kier molecular flexibility index (Phi) is 4.27. The Labute approximate surface area is 130 Å². The highest BCUT2D eigenvalue weighted by Gasteiger charge is 2.26. The van der Waals surface area contributed by atoms with E-state index < -0.39 is 5.60 Å². The third-order valence-electron chi connectivity index (χ3n) is 4.26. The van der Waals surface area contributed by atoms with Crippen LogP contribution in [0.3, 0.4) is 0 Å². The lowest BCUT2D eigenvalue weighted by Crippen LogP contribution is -2.43. The van der Waals surface area contributed by atoms with Crippen molar-refractivity contribution >= 4 is 10.9 Å². The predicted molar refractivity (Wildman–Crippen MR) is 86.1 cm³/mol. The minimum Gasteiger partial charge on any atom is -0.476 e. The van der Waals surface area contributed by atoms with Gasteiger partial charge in [0.2, 0.25) is 5.88 Å². The number of benzene rings is 1. The molecule has 1 aromatic carbocycles. The van der Waals surface area contributed by atoms with E-state index in [1.807, 2.05) is 38.1 Å². The number of aryl methyl sites for hydroxylation is 1. The van der Waals surface area contributed by atoms with E-state index >= 15 is 0 Å². The number of hydrogen-bond acceptors (Lipinski definition) is 5. The third kappa shape index (κ3) is 3.54. The molecule has 0 amide bonds. The summed E-state index contributed by atoms with van der Waals surface area (Å²) in [5.41, 5.74) is 0.413. The fourth-order valence-electron chi connectivity index (χ4n) is 2.80. The molecule has 0 spiro atoms. The van der Waals surface area contributed by atoms with Crippen LogP contribution in [0.1, 0.15) is 25.6 Å². The summed E-state index contributed by atoms with van der Waals surface area (Å²) in [7, 11) is 0. The highest BCUT2D eigenvalue weighted by atomic mass is 16.5. The molecule has 0 bridgehead atoms. The highest BCUT2D eigenvalue weighted by Crippen LogP contribution is 2.23. The first kappa shape index (κ1) is 15.2. The molecule has 3 rings (SSSR count). The van der Waals surface area contributed by atoms with E-state index in [0.717, 1.165) is 49.2 Å². The molecule has 118 valence electrons. The molecule has 0 atom stereocenters. The van der Waals surface area contributed by atoms with Gasteiger partial charge in [0.1, 0.15) is 12.4 Å². The molecular formula is C17H23N3O2. The maximum Gasteiger partial charge on any atom is 0.224 e. The molecule has 1 saturated heterocycles. The van der Waals surface area contributed by atoms with E-state index in [1.54, 1.807) is 0 Å². The van der Waals surface area contributed by atoms with Gasteiger partial charge in [0.15, 0.2) is 0 Å². The van der Waals surface area contributed by atoms with Crippen LogP contribution >= 0.6 is 0 Å². The molecule has 1 fully saturated rings. The lowest BCUT2D eigenvalue weighted by atomic mass is 9.94. The van der Waals surface area contributed by atoms with Gasteiger partial charge in [-0.05, 0) is 38.8 Å². The van der Waals surface area contributed by atoms with E-state index in [4.69, 9.17) is 4.74 Å². The number of hydrogen-bond donors (Lipinski definition) is 1. The second-order valence-electron chi connectivity index (χ2n) is 6.28. The van der Waals surface area contributed by atoms with Gasteiger partial charge >= 0.3 is 0 Å². The van der Waals surface area contributed by atoms with Crippen molar-refractivity contribution in [3.8, 4) is 5.88 Å². The lowest BCUT2D eigenvalue weighted by molar-refractivity contribution is -0.00775. The van der Waals surface area contributed by atoms with Gasteiger partial charge in [-0.1, -0.05) is 12.1 Å². The lowest BCUT2D eigenvalue weighted by Gasteiger charge is -2.35. The molecule has 22 heavy (non-hydrogen) atoms. The Bertz CT molecular complexity index is 647. The van der Waals surface area contributed by atoms with Crippen molar-refractivity contribution in [1.29, 1.82) is 0 Å². The number of likely N-dealkylation sites (tertiary alicyclic amines) is 1. The Hall–Kier alpha value is -1.72. The van der Waals surface area contributed by atoms with E-state index in [2.05, 4.69) is 14.9 Å². The van der Waals surface area contributed by atoms with E-state index in [1.165, 1.54) is 0 Å². The van der Waals surface area contributed by atoms with Gasteiger partial charge in [0.25, 0.3) is 0 Å². The molecule has 0 unspecified atom stereocenters. The predicted octanol–water partition coefficient (Wildman–Crippen LogP) is 2.16. The topological polar surface area (TPSA) is 58.5 Å². The second kappa shape index (κ2) is 6.18. The molecule has 1 aromatic heterocycles. The van der Waals surface area contributed by atoms with Gasteiger partial charge in [-0.25, -0.2) is 4.98 Å². The summed E-state index contributed by atoms with van der Waals surface area (Å²) in [5, 5.41) is 10.9. The summed E-state index contributed by atoms with van der Waals surface area (Å²) in [4.78, 5) is 11.2. The number of fused-ring (bicyclic) bond motifs is 1. The van der Waals surface area contributed by atoms with Crippen LogP contribution in [-0.2, 0) is 0 Å². The Balaban J connectivity index is 1.60. The maximum absolute atomic E-state index is 9.97. The number of nitrogens with zero attached hydrogens (tertiary/aromatic N) is 3. The van der Waals surface area contributed by atoms with Crippen molar-refractivity contribution in [3.63, 3.8) is 0 Å². The van der Waals surface area contributed by atoms with Crippen LogP contribution in [0.4, 0.5) is 0 Å². The van der Waals surface area contributed by atoms with Crippen molar-refractivity contribution in [2.24, 2.45) is 0 Å². The summed E-state index contributed by atoms with van der Waals surface area (Å²) in [6.07, 6.45) is 1.64. The van der Waals surface area contributed by atoms with Crippen LogP contribution in [0.2, 0.25) is 0 Å². The highest BCUT2D eigenvalue weighted by molar-refractivity contribution is 5.83. The molecule has 5 nitrogen and oxygen atoms in total. The second-order valence-corrected chi connectivity index (χ2v) is 6.28. The molecule has 1 N–H and O–H groups in total. The molecule has 0 saturated carbocycles. The largest absolute Gasteiger partial charge is 0.476 e. The molecule has 5 heteroatoms. The normalized spacial score (nSPS) is 18.5. The summed E-state index contributed by atoms with van der Waals surface area (Å²) in [6, 6.07) is 7.91.